The first-order valence-corrected chi connectivity index (χ1v) is 9.56. The molecular formula is C20H27NO3S. The normalized spacial score (nSPS) is 10.6. The molecule has 2 aromatic rings. The second kappa shape index (κ2) is 9.47. The number of carbonyl (C=O) groups excluding carboxylic acids is 1. The number of rotatable bonds is 9. The molecule has 25 heavy (non-hydrogen) atoms. The first kappa shape index (κ1) is 19.3. The van der Waals surface area contributed by atoms with Gasteiger partial charge in [0.25, 0.3) is 5.91 Å². The molecular weight excluding hydrogens is 334 g/mol. The van der Waals surface area contributed by atoms with Crippen LogP contribution in [0.2, 0.25) is 0 Å². The van der Waals surface area contributed by atoms with Gasteiger partial charge < -0.3 is 14.4 Å². The molecule has 0 saturated carbocycles. The molecule has 136 valence electrons. The summed E-state index contributed by atoms with van der Waals surface area (Å²) in [4.78, 5) is 16.6. The van der Waals surface area contributed by atoms with Crippen molar-refractivity contribution in [1.82, 2.24) is 4.90 Å². The van der Waals surface area contributed by atoms with E-state index in [1.54, 1.807) is 18.4 Å². The summed E-state index contributed by atoms with van der Waals surface area (Å²) in [7, 11) is 1.64. The van der Waals surface area contributed by atoms with Gasteiger partial charge in [-0.3, -0.25) is 4.79 Å². The Kier molecular flexibility index (Phi) is 7.31. The molecule has 2 rings (SSSR count). The van der Waals surface area contributed by atoms with Crippen LogP contribution < -0.4 is 9.47 Å². The third kappa shape index (κ3) is 5.23. The summed E-state index contributed by atoms with van der Waals surface area (Å²) in [5.74, 6) is 1.54. The number of amides is 1. The predicted octanol–water partition coefficient (Wildman–Crippen LogP) is 4.91. The lowest BCUT2D eigenvalue weighted by Gasteiger charge is -2.22. The van der Waals surface area contributed by atoms with Crippen LogP contribution in [-0.2, 0) is 6.54 Å². The zero-order chi connectivity index (χ0) is 18.2. The van der Waals surface area contributed by atoms with E-state index in [0.717, 1.165) is 40.5 Å². The minimum absolute atomic E-state index is 0.0882. The van der Waals surface area contributed by atoms with E-state index in [2.05, 4.69) is 13.8 Å². The van der Waals surface area contributed by atoms with E-state index in [-0.39, 0.29) is 5.91 Å². The Balaban J connectivity index is 2.17. The summed E-state index contributed by atoms with van der Waals surface area (Å²) in [5, 5.41) is 0. The standard InChI is InChI=1S/C20H27NO3S/c1-5-11-21(20(22)19-10-7-15(3)25-19)14-16-8-9-17(24-12-6-2)18(13-16)23-4/h7-10,13H,5-6,11-12,14H2,1-4H3. The lowest BCUT2D eigenvalue weighted by atomic mass is 10.1. The number of nitrogens with zero attached hydrogens (tertiary/aromatic N) is 1. The molecule has 0 N–H and O–H groups in total. The van der Waals surface area contributed by atoms with E-state index in [9.17, 15) is 4.79 Å². The lowest BCUT2D eigenvalue weighted by molar-refractivity contribution is 0.0748. The number of carbonyl (C=O) groups is 1. The van der Waals surface area contributed by atoms with Gasteiger partial charge in [0, 0.05) is 18.0 Å². The molecule has 0 spiro atoms. The number of aryl methyl sites for hydroxylation is 1. The van der Waals surface area contributed by atoms with Crippen molar-refractivity contribution < 1.29 is 14.3 Å². The highest BCUT2D eigenvalue weighted by atomic mass is 32.1. The Hall–Kier alpha value is -2.01. The number of benzene rings is 1. The van der Waals surface area contributed by atoms with Crippen molar-refractivity contribution in [2.24, 2.45) is 0 Å². The quantitative estimate of drug-likeness (QED) is 0.637. The van der Waals surface area contributed by atoms with Crippen molar-refractivity contribution >= 4 is 17.2 Å². The first-order chi connectivity index (χ1) is 12.1. The fourth-order valence-corrected chi connectivity index (χ4v) is 3.43. The minimum Gasteiger partial charge on any atom is -0.493 e. The van der Waals surface area contributed by atoms with Crippen molar-refractivity contribution in [2.45, 2.75) is 40.2 Å². The van der Waals surface area contributed by atoms with E-state index in [1.165, 1.54) is 0 Å². The van der Waals surface area contributed by atoms with E-state index >= 15 is 0 Å². The maximum absolute atomic E-state index is 12.8. The molecule has 0 unspecified atom stereocenters. The second-order valence-electron chi connectivity index (χ2n) is 5.97. The highest BCUT2D eigenvalue weighted by Gasteiger charge is 2.18. The summed E-state index contributed by atoms with van der Waals surface area (Å²) in [6.07, 6.45) is 1.87. The Morgan fingerprint density at radius 2 is 1.92 bits per heavy atom. The van der Waals surface area contributed by atoms with Crippen LogP contribution in [0.3, 0.4) is 0 Å². The average molecular weight is 362 g/mol. The Morgan fingerprint density at radius 1 is 1.12 bits per heavy atom. The van der Waals surface area contributed by atoms with E-state index in [0.29, 0.717) is 18.9 Å². The van der Waals surface area contributed by atoms with Crippen molar-refractivity contribution in [2.75, 3.05) is 20.3 Å². The second-order valence-corrected chi connectivity index (χ2v) is 7.26. The molecule has 0 aliphatic rings. The Morgan fingerprint density at radius 3 is 2.52 bits per heavy atom. The van der Waals surface area contributed by atoms with Crippen LogP contribution in [0.1, 0.15) is 46.8 Å². The molecule has 5 heteroatoms. The summed E-state index contributed by atoms with van der Waals surface area (Å²) in [6, 6.07) is 9.79. The minimum atomic E-state index is 0.0882. The predicted molar refractivity (Wildman–Crippen MR) is 103 cm³/mol. The molecule has 0 radical (unpaired) electrons. The van der Waals surface area contributed by atoms with Gasteiger partial charge in [-0.25, -0.2) is 0 Å². The molecule has 1 heterocycles. The zero-order valence-electron chi connectivity index (χ0n) is 15.5. The molecule has 0 atom stereocenters. The molecule has 0 saturated heterocycles. The SMILES string of the molecule is CCCOc1ccc(CN(CCC)C(=O)c2ccc(C)s2)cc1OC. The monoisotopic (exact) mass is 361 g/mol. The molecule has 0 aliphatic heterocycles. The van der Waals surface area contributed by atoms with Crippen molar-refractivity contribution in [3.05, 3.63) is 45.6 Å². The lowest BCUT2D eigenvalue weighted by Crippen LogP contribution is -2.30. The van der Waals surface area contributed by atoms with Crippen LogP contribution in [0.15, 0.2) is 30.3 Å². The summed E-state index contributed by atoms with van der Waals surface area (Å²) >= 11 is 1.54. The number of methoxy groups -OCH3 is 1. The summed E-state index contributed by atoms with van der Waals surface area (Å²) < 4.78 is 11.1. The summed E-state index contributed by atoms with van der Waals surface area (Å²) in [5.41, 5.74) is 1.04. The highest BCUT2D eigenvalue weighted by molar-refractivity contribution is 7.13. The Bertz CT molecular complexity index is 696. The van der Waals surface area contributed by atoms with Gasteiger partial charge in [-0.05, 0) is 49.6 Å². The van der Waals surface area contributed by atoms with Crippen molar-refractivity contribution in [3.8, 4) is 11.5 Å². The molecule has 1 aromatic carbocycles. The Labute approximate surface area is 154 Å². The fraction of sp³-hybridized carbons (Fsp3) is 0.450. The van der Waals surface area contributed by atoms with Gasteiger partial charge in [-0.1, -0.05) is 19.9 Å². The molecule has 1 aromatic heterocycles. The zero-order valence-corrected chi connectivity index (χ0v) is 16.3. The van der Waals surface area contributed by atoms with Gasteiger partial charge in [0.05, 0.1) is 18.6 Å². The molecule has 0 bridgehead atoms. The van der Waals surface area contributed by atoms with Crippen LogP contribution in [0.4, 0.5) is 0 Å². The third-order valence-electron chi connectivity index (χ3n) is 3.80. The van der Waals surface area contributed by atoms with Crippen molar-refractivity contribution in [1.29, 1.82) is 0 Å². The van der Waals surface area contributed by atoms with Gasteiger partial charge in [-0.15, -0.1) is 11.3 Å². The number of hydrogen-bond acceptors (Lipinski definition) is 4. The molecule has 0 fully saturated rings. The van der Waals surface area contributed by atoms with Gasteiger partial charge in [0.15, 0.2) is 11.5 Å². The topological polar surface area (TPSA) is 38.8 Å². The van der Waals surface area contributed by atoms with E-state index in [1.807, 2.05) is 42.2 Å². The van der Waals surface area contributed by atoms with Crippen LogP contribution >= 0.6 is 11.3 Å². The van der Waals surface area contributed by atoms with Crippen LogP contribution in [-0.4, -0.2) is 31.1 Å². The van der Waals surface area contributed by atoms with Crippen LogP contribution in [0.5, 0.6) is 11.5 Å². The molecule has 0 aliphatic carbocycles. The molecule has 1 amide bonds. The van der Waals surface area contributed by atoms with Gasteiger partial charge >= 0.3 is 0 Å². The van der Waals surface area contributed by atoms with Crippen LogP contribution in [0, 0.1) is 6.92 Å². The highest BCUT2D eigenvalue weighted by Crippen LogP contribution is 2.29. The van der Waals surface area contributed by atoms with Gasteiger partial charge in [0.1, 0.15) is 0 Å². The third-order valence-corrected chi connectivity index (χ3v) is 4.78. The number of hydrogen-bond donors (Lipinski definition) is 0. The number of ether oxygens (including phenoxy) is 2. The number of thiophene rings is 1. The van der Waals surface area contributed by atoms with E-state index in [4.69, 9.17) is 9.47 Å². The van der Waals surface area contributed by atoms with Crippen molar-refractivity contribution in [3.63, 3.8) is 0 Å². The smallest absolute Gasteiger partial charge is 0.264 e. The van der Waals surface area contributed by atoms with Crippen LogP contribution in [0.25, 0.3) is 0 Å². The van der Waals surface area contributed by atoms with E-state index < -0.39 is 0 Å². The fourth-order valence-electron chi connectivity index (χ4n) is 2.59. The average Bonchev–Trinajstić information content (AvgIpc) is 3.05. The van der Waals surface area contributed by atoms with Gasteiger partial charge in [0.2, 0.25) is 0 Å². The maximum Gasteiger partial charge on any atom is 0.264 e. The maximum atomic E-state index is 12.8. The largest absolute Gasteiger partial charge is 0.493 e. The summed E-state index contributed by atoms with van der Waals surface area (Å²) in [6.45, 7) is 8.13. The molecule has 4 nitrogen and oxygen atoms in total. The first-order valence-electron chi connectivity index (χ1n) is 8.74. The van der Waals surface area contributed by atoms with Gasteiger partial charge in [-0.2, -0.15) is 0 Å².